The minimum absolute atomic E-state index is 0.0164. The maximum atomic E-state index is 12.0. The molecule has 0 atom stereocenters. The standard InChI is InChI=1S/C19H23ClN2O2/c1-14-17(20)4-3-5-18(14)22-19(23)11-13-21-12-10-15-6-8-16(24-2)9-7-15/h3-9,21H,10-13H2,1-2H3,(H,22,23). The molecular weight excluding hydrogens is 324 g/mol. The van der Waals surface area contributed by atoms with Crippen LogP contribution in [-0.4, -0.2) is 26.1 Å². The third-order valence-corrected chi connectivity index (χ3v) is 4.23. The molecule has 0 spiro atoms. The van der Waals surface area contributed by atoms with Crippen LogP contribution in [0.3, 0.4) is 0 Å². The molecule has 0 aromatic heterocycles. The lowest BCUT2D eigenvalue weighted by Crippen LogP contribution is -2.23. The van der Waals surface area contributed by atoms with E-state index in [2.05, 4.69) is 22.8 Å². The minimum Gasteiger partial charge on any atom is -0.497 e. The monoisotopic (exact) mass is 346 g/mol. The summed E-state index contributed by atoms with van der Waals surface area (Å²) in [5.74, 6) is 0.844. The fraction of sp³-hybridized carbons (Fsp3) is 0.316. The number of ether oxygens (including phenoxy) is 1. The Bertz CT molecular complexity index is 672. The Hall–Kier alpha value is -2.04. The van der Waals surface area contributed by atoms with Gasteiger partial charge < -0.3 is 15.4 Å². The molecule has 0 aliphatic heterocycles. The van der Waals surface area contributed by atoms with Crippen molar-refractivity contribution < 1.29 is 9.53 Å². The van der Waals surface area contributed by atoms with E-state index >= 15 is 0 Å². The molecule has 0 aliphatic rings. The first-order valence-corrected chi connectivity index (χ1v) is 8.36. The van der Waals surface area contributed by atoms with Gasteiger partial charge in [-0.05, 0) is 55.3 Å². The number of carbonyl (C=O) groups excluding carboxylic acids is 1. The van der Waals surface area contributed by atoms with Gasteiger partial charge in [-0.1, -0.05) is 29.8 Å². The zero-order valence-electron chi connectivity index (χ0n) is 14.1. The molecule has 0 saturated carbocycles. The van der Waals surface area contributed by atoms with Crippen molar-refractivity contribution in [1.29, 1.82) is 0 Å². The quantitative estimate of drug-likeness (QED) is 0.714. The van der Waals surface area contributed by atoms with E-state index in [9.17, 15) is 4.79 Å². The van der Waals surface area contributed by atoms with Gasteiger partial charge in [0.1, 0.15) is 5.75 Å². The van der Waals surface area contributed by atoms with Gasteiger partial charge in [0.25, 0.3) is 0 Å². The van der Waals surface area contributed by atoms with Crippen molar-refractivity contribution in [3.8, 4) is 5.75 Å². The Morgan fingerprint density at radius 3 is 2.58 bits per heavy atom. The molecule has 2 rings (SSSR count). The van der Waals surface area contributed by atoms with Crippen molar-refractivity contribution >= 4 is 23.2 Å². The van der Waals surface area contributed by atoms with Crippen LogP contribution in [0.2, 0.25) is 5.02 Å². The smallest absolute Gasteiger partial charge is 0.225 e. The van der Waals surface area contributed by atoms with Gasteiger partial charge in [0.2, 0.25) is 5.91 Å². The van der Waals surface area contributed by atoms with Crippen LogP contribution < -0.4 is 15.4 Å². The lowest BCUT2D eigenvalue weighted by atomic mass is 10.1. The van der Waals surface area contributed by atoms with Gasteiger partial charge >= 0.3 is 0 Å². The lowest BCUT2D eigenvalue weighted by Gasteiger charge is -2.10. The van der Waals surface area contributed by atoms with E-state index in [-0.39, 0.29) is 5.91 Å². The van der Waals surface area contributed by atoms with Crippen LogP contribution in [0, 0.1) is 6.92 Å². The van der Waals surface area contributed by atoms with Crippen LogP contribution in [0.4, 0.5) is 5.69 Å². The summed E-state index contributed by atoms with van der Waals surface area (Å²) in [7, 11) is 1.66. The zero-order valence-corrected chi connectivity index (χ0v) is 14.8. The second kappa shape index (κ2) is 9.30. The first-order chi connectivity index (χ1) is 11.6. The highest BCUT2D eigenvalue weighted by Crippen LogP contribution is 2.22. The van der Waals surface area contributed by atoms with E-state index in [1.54, 1.807) is 7.11 Å². The highest BCUT2D eigenvalue weighted by atomic mass is 35.5. The van der Waals surface area contributed by atoms with Gasteiger partial charge in [0, 0.05) is 23.7 Å². The molecule has 2 N–H and O–H groups in total. The molecule has 0 bridgehead atoms. The second-order valence-electron chi connectivity index (χ2n) is 5.56. The first-order valence-electron chi connectivity index (χ1n) is 7.99. The van der Waals surface area contributed by atoms with Crippen molar-refractivity contribution in [1.82, 2.24) is 5.32 Å². The average Bonchev–Trinajstić information content (AvgIpc) is 2.59. The summed E-state index contributed by atoms with van der Waals surface area (Å²) in [6.45, 7) is 3.36. The summed E-state index contributed by atoms with van der Waals surface area (Å²) in [5.41, 5.74) is 2.90. The number of hydrogen-bond donors (Lipinski definition) is 2. The summed E-state index contributed by atoms with van der Waals surface area (Å²) in [6, 6.07) is 13.5. The van der Waals surface area contributed by atoms with Crippen LogP contribution in [0.25, 0.3) is 0 Å². The number of benzene rings is 2. The van der Waals surface area contributed by atoms with Gasteiger partial charge in [0.15, 0.2) is 0 Å². The summed E-state index contributed by atoms with van der Waals surface area (Å²) in [4.78, 5) is 12.0. The highest BCUT2D eigenvalue weighted by Gasteiger charge is 2.06. The van der Waals surface area contributed by atoms with Crippen LogP contribution in [0.5, 0.6) is 5.75 Å². The molecule has 0 saturated heterocycles. The number of nitrogens with one attached hydrogen (secondary N) is 2. The zero-order chi connectivity index (χ0) is 17.4. The molecule has 2 aromatic carbocycles. The molecule has 0 fully saturated rings. The number of rotatable bonds is 8. The molecule has 0 unspecified atom stereocenters. The number of methoxy groups -OCH3 is 1. The lowest BCUT2D eigenvalue weighted by molar-refractivity contribution is -0.116. The minimum atomic E-state index is -0.0164. The van der Waals surface area contributed by atoms with E-state index in [1.807, 2.05) is 37.3 Å². The van der Waals surface area contributed by atoms with E-state index in [1.165, 1.54) is 5.56 Å². The molecule has 0 radical (unpaired) electrons. The van der Waals surface area contributed by atoms with Crippen molar-refractivity contribution in [2.75, 3.05) is 25.5 Å². The Kier molecular flexibility index (Phi) is 7.09. The molecule has 24 heavy (non-hydrogen) atoms. The average molecular weight is 347 g/mol. The number of halogens is 1. The van der Waals surface area contributed by atoms with Crippen molar-refractivity contribution in [2.24, 2.45) is 0 Å². The topological polar surface area (TPSA) is 50.4 Å². The summed E-state index contributed by atoms with van der Waals surface area (Å²) in [5, 5.41) is 6.84. The highest BCUT2D eigenvalue weighted by molar-refractivity contribution is 6.31. The Labute approximate surface area is 148 Å². The summed E-state index contributed by atoms with van der Waals surface area (Å²) < 4.78 is 5.13. The van der Waals surface area contributed by atoms with Gasteiger partial charge in [0.05, 0.1) is 7.11 Å². The van der Waals surface area contributed by atoms with Crippen LogP contribution in [0.1, 0.15) is 17.5 Å². The van der Waals surface area contributed by atoms with E-state index < -0.39 is 0 Å². The third-order valence-electron chi connectivity index (χ3n) is 3.82. The van der Waals surface area contributed by atoms with Gasteiger partial charge in [-0.2, -0.15) is 0 Å². The largest absolute Gasteiger partial charge is 0.497 e. The van der Waals surface area contributed by atoms with E-state index in [4.69, 9.17) is 16.3 Å². The molecule has 128 valence electrons. The Morgan fingerprint density at radius 2 is 1.88 bits per heavy atom. The first kappa shape index (κ1) is 18.3. The maximum Gasteiger partial charge on any atom is 0.225 e. The maximum absolute atomic E-state index is 12.0. The third kappa shape index (κ3) is 5.55. The summed E-state index contributed by atoms with van der Waals surface area (Å²) >= 11 is 6.05. The number of carbonyl (C=O) groups is 1. The van der Waals surface area contributed by atoms with Crippen LogP contribution in [0.15, 0.2) is 42.5 Å². The normalized spacial score (nSPS) is 10.5. The number of anilines is 1. The van der Waals surface area contributed by atoms with E-state index in [0.717, 1.165) is 30.0 Å². The van der Waals surface area contributed by atoms with Crippen LogP contribution >= 0.6 is 11.6 Å². The molecule has 5 heteroatoms. The Balaban J connectivity index is 1.66. The SMILES string of the molecule is COc1ccc(CCNCCC(=O)Nc2cccc(Cl)c2C)cc1. The predicted octanol–water partition coefficient (Wildman–Crippen LogP) is 3.82. The summed E-state index contributed by atoms with van der Waals surface area (Å²) in [6.07, 6.45) is 1.34. The van der Waals surface area contributed by atoms with Gasteiger partial charge in [-0.3, -0.25) is 4.79 Å². The van der Waals surface area contributed by atoms with Crippen molar-refractivity contribution in [2.45, 2.75) is 19.8 Å². The van der Waals surface area contributed by atoms with Crippen molar-refractivity contribution in [3.63, 3.8) is 0 Å². The van der Waals surface area contributed by atoms with Gasteiger partial charge in [-0.15, -0.1) is 0 Å². The number of amides is 1. The Morgan fingerprint density at radius 1 is 1.12 bits per heavy atom. The van der Waals surface area contributed by atoms with Gasteiger partial charge in [-0.25, -0.2) is 0 Å². The molecule has 1 amide bonds. The molecule has 2 aromatic rings. The number of hydrogen-bond acceptors (Lipinski definition) is 3. The molecule has 0 heterocycles. The predicted molar refractivity (Wildman–Crippen MR) is 99.0 cm³/mol. The van der Waals surface area contributed by atoms with E-state index in [0.29, 0.717) is 18.0 Å². The second-order valence-corrected chi connectivity index (χ2v) is 5.97. The molecule has 0 aliphatic carbocycles. The fourth-order valence-electron chi connectivity index (χ4n) is 2.31. The molecule has 4 nitrogen and oxygen atoms in total. The fourth-order valence-corrected chi connectivity index (χ4v) is 2.48. The van der Waals surface area contributed by atoms with Crippen LogP contribution in [-0.2, 0) is 11.2 Å². The van der Waals surface area contributed by atoms with Crippen molar-refractivity contribution in [3.05, 3.63) is 58.6 Å². The molecular formula is C19H23ClN2O2.